The number of nitrogens with two attached hydrogens (primary N) is 1. The van der Waals surface area contributed by atoms with E-state index in [4.69, 9.17) is 20.4 Å². The Labute approximate surface area is 205 Å². The number of aromatic nitrogens is 2. The van der Waals surface area contributed by atoms with Crippen molar-refractivity contribution >= 4 is 28.5 Å². The molecule has 3 aromatic rings. The second kappa shape index (κ2) is 10.7. The van der Waals surface area contributed by atoms with Crippen molar-refractivity contribution in [3.63, 3.8) is 0 Å². The van der Waals surface area contributed by atoms with E-state index in [0.29, 0.717) is 55.7 Å². The van der Waals surface area contributed by atoms with Gasteiger partial charge in [0.25, 0.3) is 5.91 Å². The van der Waals surface area contributed by atoms with Gasteiger partial charge in [0, 0.05) is 31.6 Å². The van der Waals surface area contributed by atoms with Crippen LogP contribution in [0.2, 0.25) is 0 Å². The molecule has 0 unspecified atom stereocenters. The molecule has 2 amide bonds. The Morgan fingerprint density at radius 2 is 1.71 bits per heavy atom. The molecule has 1 saturated heterocycles. The third-order valence-corrected chi connectivity index (χ3v) is 6.28. The van der Waals surface area contributed by atoms with Crippen molar-refractivity contribution in [3.05, 3.63) is 59.9 Å². The van der Waals surface area contributed by atoms with Crippen LogP contribution < -0.4 is 15.8 Å². The van der Waals surface area contributed by atoms with Crippen LogP contribution in [0, 0.1) is 5.92 Å². The van der Waals surface area contributed by atoms with Gasteiger partial charge >= 0.3 is 0 Å². The van der Waals surface area contributed by atoms with E-state index in [9.17, 15) is 9.59 Å². The first-order valence-electron chi connectivity index (χ1n) is 11.8. The average Bonchev–Trinajstić information content (AvgIpc) is 2.86. The quantitative estimate of drug-likeness (QED) is 0.514. The molecule has 2 heterocycles. The van der Waals surface area contributed by atoms with E-state index in [0.717, 1.165) is 10.9 Å². The van der Waals surface area contributed by atoms with Crippen LogP contribution in [0.25, 0.3) is 10.9 Å². The second-order valence-electron chi connectivity index (χ2n) is 9.04. The number of amides is 2. The number of hydrogen-bond acceptors (Lipinski definition) is 7. The van der Waals surface area contributed by atoms with Crippen LogP contribution in [0.1, 0.15) is 30.0 Å². The minimum atomic E-state index is -0.536. The van der Waals surface area contributed by atoms with Crippen molar-refractivity contribution in [2.75, 3.05) is 38.6 Å². The van der Waals surface area contributed by atoms with Gasteiger partial charge in [0.1, 0.15) is 23.4 Å². The Morgan fingerprint density at radius 3 is 2.40 bits per heavy atom. The molecule has 0 bridgehead atoms. The molecule has 0 radical (unpaired) electrons. The van der Waals surface area contributed by atoms with Gasteiger partial charge in [-0.25, -0.2) is 9.97 Å². The molecule has 0 spiro atoms. The number of para-hydroxylation sites is 2. The minimum Gasteiger partial charge on any atom is -0.496 e. The van der Waals surface area contributed by atoms with E-state index >= 15 is 0 Å². The molecule has 9 heteroatoms. The maximum Gasteiger partial charge on any atom is 0.257 e. The number of anilines is 1. The fraction of sp³-hybridized carbons (Fsp3) is 0.385. The van der Waals surface area contributed by atoms with E-state index in [1.165, 1.54) is 0 Å². The van der Waals surface area contributed by atoms with E-state index in [1.54, 1.807) is 19.2 Å². The number of carbonyl (C=O) groups is 2. The topological polar surface area (TPSA) is 114 Å². The summed E-state index contributed by atoms with van der Waals surface area (Å²) in [7, 11) is 1.57. The molecule has 1 atom stereocenters. The summed E-state index contributed by atoms with van der Waals surface area (Å²) in [6, 6.07) is 14.5. The van der Waals surface area contributed by atoms with Gasteiger partial charge in [-0.3, -0.25) is 14.5 Å². The monoisotopic (exact) mass is 476 g/mol. The standard InChI is InChI=1S/C26H32N6O3/c1-17(2)23(24(27)33)30-25-18-8-4-6-10-20(18)28-22(29-25)16-31-12-14-32(15-13-31)26(34)19-9-5-7-11-21(19)35-3/h4-11,17,23H,12-16H2,1-3H3,(H2,27,33)(H,28,29,30)/t23-/m0/s1. The summed E-state index contributed by atoms with van der Waals surface area (Å²) in [5.41, 5.74) is 7.00. The molecule has 1 fully saturated rings. The maximum atomic E-state index is 13.0. The van der Waals surface area contributed by atoms with Crippen molar-refractivity contribution in [3.8, 4) is 5.75 Å². The number of rotatable bonds is 8. The predicted molar refractivity (Wildman–Crippen MR) is 135 cm³/mol. The summed E-state index contributed by atoms with van der Waals surface area (Å²) < 4.78 is 5.35. The van der Waals surface area contributed by atoms with Crippen LogP contribution in [-0.4, -0.2) is 70.9 Å². The lowest BCUT2D eigenvalue weighted by atomic mass is 10.0. The smallest absolute Gasteiger partial charge is 0.257 e. The number of nitrogens with one attached hydrogen (secondary N) is 1. The highest BCUT2D eigenvalue weighted by molar-refractivity contribution is 5.97. The van der Waals surface area contributed by atoms with Gasteiger partial charge in [0.05, 0.1) is 24.7 Å². The fourth-order valence-corrected chi connectivity index (χ4v) is 4.32. The van der Waals surface area contributed by atoms with E-state index < -0.39 is 11.9 Å². The van der Waals surface area contributed by atoms with Crippen molar-refractivity contribution in [2.24, 2.45) is 11.7 Å². The minimum absolute atomic E-state index is 0.0125. The first-order valence-corrected chi connectivity index (χ1v) is 11.8. The van der Waals surface area contributed by atoms with Gasteiger partial charge < -0.3 is 20.7 Å². The molecule has 3 N–H and O–H groups in total. The van der Waals surface area contributed by atoms with Gasteiger partial charge in [0.2, 0.25) is 5.91 Å². The number of hydrogen-bond donors (Lipinski definition) is 2. The molecular formula is C26H32N6O3. The van der Waals surface area contributed by atoms with E-state index in [2.05, 4.69) is 10.2 Å². The predicted octanol–water partition coefficient (Wildman–Crippen LogP) is 2.52. The Morgan fingerprint density at radius 1 is 1.03 bits per heavy atom. The Bertz CT molecular complexity index is 1210. The first-order chi connectivity index (χ1) is 16.9. The van der Waals surface area contributed by atoms with E-state index in [1.807, 2.05) is 55.1 Å². The van der Waals surface area contributed by atoms with Crippen LogP contribution in [0.5, 0.6) is 5.75 Å². The zero-order chi connectivity index (χ0) is 24.9. The van der Waals surface area contributed by atoms with Crippen LogP contribution >= 0.6 is 0 Å². The van der Waals surface area contributed by atoms with Crippen LogP contribution in [0.3, 0.4) is 0 Å². The summed E-state index contributed by atoms with van der Waals surface area (Å²) in [6.07, 6.45) is 0. The molecule has 35 heavy (non-hydrogen) atoms. The number of carbonyl (C=O) groups excluding carboxylic acids is 2. The Hall–Kier alpha value is -3.72. The number of benzene rings is 2. The van der Waals surface area contributed by atoms with Crippen molar-refractivity contribution in [1.29, 1.82) is 0 Å². The van der Waals surface area contributed by atoms with Crippen LogP contribution in [0.15, 0.2) is 48.5 Å². The number of ether oxygens (including phenoxy) is 1. The highest BCUT2D eigenvalue weighted by atomic mass is 16.5. The van der Waals surface area contributed by atoms with E-state index in [-0.39, 0.29) is 11.8 Å². The molecule has 2 aromatic carbocycles. The normalized spacial score (nSPS) is 15.3. The maximum absolute atomic E-state index is 13.0. The van der Waals surface area contributed by atoms with Crippen molar-refractivity contribution in [2.45, 2.75) is 26.4 Å². The van der Waals surface area contributed by atoms with Gasteiger partial charge in [0.15, 0.2) is 0 Å². The summed E-state index contributed by atoms with van der Waals surface area (Å²) in [5, 5.41) is 4.08. The largest absolute Gasteiger partial charge is 0.496 e. The lowest BCUT2D eigenvalue weighted by Gasteiger charge is -2.34. The average molecular weight is 477 g/mol. The van der Waals surface area contributed by atoms with Crippen molar-refractivity contribution in [1.82, 2.24) is 19.8 Å². The summed E-state index contributed by atoms with van der Waals surface area (Å²) in [6.45, 7) is 7.04. The number of primary amides is 1. The highest BCUT2D eigenvalue weighted by Gasteiger charge is 2.25. The number of piperazine rings is 1. The molecule has 0 aliphatic carbocycles. The summed E-state index contributed by atoms with van der Waals surface area (Å²) >= 11 is 0. The second-order valence-corrected chi connectivity index (χ2v) is 9.04. The Balaban J connectivity index is 1.48. The molecule has 184 valence electrons. The third-order valence-electron chi connectivity index (χ3n) is 6.28. The molecule has 0 saturated carbocycles. The molecule has 4 rings (SSSR count). The zero-order valence-electron chi connectivity index (χ0n) is 20.4. The number of fused-ring (bicyclic) bond motifs is 1. The summed E-state index contributed by atoms with van der Waals surface area (Å²) in [5.74, 6) is 1.41. The number of nitrogens with zero attached hydrogens (tertiary/aromatic N) is 4. The van der Waals surface area contributed by atoms with Crippen LogP contribution in [0.4, 0.5) is 5.82 Å². The molecule has 1 aromatic heterocycles. The molecule has 9 nitrogen and oxygen atoms in total. The molecule has 1 aliphatic rings. The van der Waals surface area contributed by atoms with Crippen molar-refractivity contribution < 1.29 is 14.3 Å². The van der Waals surface area contributed by atoms with Gasteiger partial charge in [-0.15, -0.1) is 0 Å². The summed E-state index contributed by atoms with van der Waals surface area (Å²) in [4.78, 5) is 38.6. The fourth-order valence-electron chi connectivity index (χ4n) is 4.32. The van der Waals surface area contributed by atoms with Crippen LogP contribution in [-0.2, 0) is 11.3 Å². The molecular weight excluding hydrogens is 444 g/mol. The third kappa shape index (κ3) is 5.51. The highest BCUT2D eigenvalue weighted by Crippen LogP contribution is 2.24. The zero-order valence-corrected chi connectivity index (χ0v) is 20.4. The molecule has 1 aliphatic heterocycles. The van der Waals surface area contributed by atoms with Gasteiger partial charge in [-0.1, -0.05) is 38.1 Å². The van der Waals surface area contributed by atoms with Gasteiger partial charge in [-0.2, -0.15) is 0 Å². The van der Waals surface area contributed by atoms with Gasteiger partial charge in [-0.05, 0) is 30.2 Å². The SMILES string of the molecule is COc1ccccc1C(=O)N1CCN(Cc2nc(N[C@H](C(N)=O)C(C)C)c3ccccc3n2)CC1. The Kier molecular flexibility index (Phi) is 7.45. The first kappa shape index (κ1) is 24.4. The lowest BCUT2D eigenvalue weighted by molar-refractivity contribution is -0.119. The lowest BCUT2D eigenvalue weighted by Crippen LogP contribution is -2.48. The number of methoxy groups -OCH3 is 1.